The number of hydrogen-bond acceptors (Lipinski definition) is 3. The second-order valence-corrected chi connectivity index (χ2v) is 6.26. The van der Waals surface area contributed by atoms with Gasteiger partial charge in [-0.15, -0.1) is 0 Å². The number of carbonyl (C=O) groups excluding carboxylic acids is 1. The molecule has 0 radical (unpaired) electrons. The predicted octanol–water partition coefficient (Wildman–Crippen LogP) is 2.05. The second kappa shape index (κ2) is 6.78. The van der Waals surface area contributed by atoms with Crippen LogP contribution in [0.2, 0.25) is 0 Å². The lowest BCUT2D eigenvalue weighted by molar-refractivity contribution is -0.132. The number of rotatable bonds is 3. The Bertz CT molecular complexity index is 670. The zero-order valence-electron chi connectivity index (χ0n) is 13.5. The van der Waals surface area contributed by atoms with Crippen LogP contribution in [-0.2, 0) is 11.2 Å². The molecule has 118 valence electrons. The Hall–Kier alpha value is -2.09. The monoisotopic (exact) mass is 301 g/mol. The third-order valence-electron chi connectivity index (χ3n) is 4.52. The first-order chi connectivity index (χ1) is 10.4. The first kappa shape index (κ1) is 16.3. The maximum atomic E-state index is 12.3. The SMILES string of the molecule is Cc1[nH]c(=O)c(C#N)c(C)c1CCC(=O)N1CCC[C@H](C)C1. The number of carbonyl (C=O) groups is 1. The molecule has 1 N–H and O–H groups in total. The summed E-state index contributed by atoms with van der Waals surface area (Å²) in [5.74, 6) is 0.731. The summed E-state index contributed by atoms with van der Waals surface area (Å²) in [5.41, 5.74) is 2.16. The summed E-state index contributed by atoms with van der Waals surface area (Å²) < 4.78 is 0. The number of nitrogens with one attached hydrogen (secondary N) is 1. The summed E-state index contributed by atoms with van der Waals surface area (Å²) in [4.78, 5) is 28.7. The van der Waals surface area contributed by atoms with E-state index < -0.39 is 0 Å². The number of nitrogens with zero attached hydrogens (tertiary/aromatic N) is 2. The van der Waals surface area contributed by atoms with Gasteiger partial charge in [0.15, 0.2) is 0 Å². The topological polar surface area (TPSA) is 77.0 Å². The van der Waals surface area contributed by atoms with Crippen molar-refractivity contribution in [2.75, 3.05) is 13.1 Å². The van der Waals surface area contributed by atoms with Crippen LogP contribution in [0, 0.1) is 31.1 Å². The van der Waals surface area contributed by atoms with Crippen LogP contribution in [0.4, 0.5) is 0 Å². The standard InChI is InChI=1S/C17H23N3O2/c1-11-5-4-8-20(10-11)16(21)7-6-14-12(2)15(9-18)17(22)19-13(14)3/h11H,4-8,10H2,1-3H3,(H,19,22)/t11-/m0/s1. The van der Waals surface area contributed by atoms with E-state index in [4.69, 9.17) is 5.26 Å². The van der Waals surface area contributed by atoms with Crippen LogP contribution >= 0.6 is 0 Å². The van der Waals surface area contributed by atoms with Crippen molar-refractivity contribution in [1.29, 1.82) is 5.26 Å². The van der Waals surface area contributed by atoms with Crippen LogP contribution in [0.5, 0.6) is 0 Å². The molecule has 0 aliphatic carbocycles. The molecule has 5 nitrogen and oxygen atoms in total. The molecular formula is C17H23N3O2. The van der Waals surface area contributed by atoms with Crippen molar-refractivity contribution in [2.24, 2.45) is 5.92 Å². The van der Waals surface area contributed by atoms with Crippen molar-refractivity contribution in [1.82, 2.24) is 9.88 Å². The highest BCUT2D eigenvalue weighted by Gasteiger charge is 2.21. The minimum absolute atomic E-state index is 0.152. The smallest absolute Gasteiger partial charge is 0.266 e. The van der Waals surface area contributed by atoms with Gasteiger partial charge in [-0.1, -0.05) is 6.92 Å². The van der Waals surface area contributed by atoms with Crippen molar-refractivity contribution in [3.63, 3.8) is 0 Å². The normalized spacial score (nSPS) is 18.1. The van der Waals surface area contributed by atoms with Gasteiger partial charge >= 0.3 is 0 Å². The average molecular weight is 301 g/mol. The molecule has 1 amide bonds. The highest BCUT2D eigenvalue weighted by Crippen LogP contribution is 2.19. The summed E-state index contributed by atoms with van der Waals surface area (Å²) in [6.45, 7) is 7.46. The molecule has 2 heterocycles. The van der Waals surface area contributed by atoms with Gasteiger partial charge in [0.05, 0.1) is 0 Å². The third kappa shape index (κ3) is 3.38. The first-order valence-electron chi connectivity index (χ1n) is 7.84. The Labute approximate surface area is 130 Å². The van der Waals surface area contributed by atoms with Gasteiger partial charge in [0.25, 0.3) is 5.56 Å². The second-order valence-electron chi connectivity index (χ2n) is 6.26. The van der Waals surface area contributed by atoms with E-state index in [1.165, 1.54) is 6.42 Å². The van der Waals surface area contributed by atoms with Crippen LogP contribution in [0.25, 0.3) is 0 Å². The zero-order chi connectivity index (χ0) is 16.3. The van der Waals surface area contributed by atoms with Gasteiger partial charge in [0.2, 0.25) is 5.91 Å². The van der Waals surface area contributed by atoms with Crippen LogP contribution in [-0.4, -0.2) is 28.9 Å². The van der Waals surface area contributed by atoms with Gasteiger partial charge in [-0.2, -0.15) is 5.26 Å². The molecule has 1 aromatic heterocycles. The summed E-state index contributed by atoms with van der Waals surface area (Å²) in [5, 5.41) is 9.08. The highest BCUT2D eigenvalue weighted by molar-refractivity contribution is 5.76. The molecule has 5 heteroatoms. The van der Waals surface area contributed by atoms with Crippen molar-refractivity contribution in [3.05, 3.63) is 32.7 Å². The Morgan fingerprint density at radius 3 is 2.82 bits per heavy atom. The van der Waals surface area contributed by atoms with E-state index in [1.807, 2.05) is 17.9 Å². The molecule has 1 fully saturated rings. The number of aryl methyl sites for hydroxylation is 1. The van der Waals surface area contributed by atoms with Crippen molar-refractivity contribution >= 4 is 5.91 Å². The maximum Gasteiger partial charge on any atom is 0.266 e. The third-order valence-corrected chi connectivity index (χ3v) is 4.52. The van der Waals surface area contributed by atoms with Gasteiger partial charge in [0.1, 0.15) is 11.6 Å². The molecule has 1 aromatic rings. The zero-order valence-corrected chi connectivity index (χ0v) is 13.5. The van der Waals surface area contributed by atoms with Crippen LogP contribution < -0.4 is 5.56 Å². The van der Waals surface area contributed by atoms with E-state index >= 15 is 0 Å². The molecule has 1 saturated heterocycles. The molecule has 2 rings (SSSR count). The van der Waals surface area contributed by atoms with Gasteiger partial charge in [-0.3, -0.25) is 9.59 Å². The molecule has 1 aliphatic rings. The molecule has 0 unspecified atom stereocenters. The minimum Gasteiger partial charge on any atom is -0.342 e. The highest BCUT2D eigenvalue weighted by atomic mass is 16.2. The fraction of sp³-hybridized carbons (Fsp3) is 0.588. The van der Waals surface area contributed by atoms with Crippen molar-refractivity contribution in [3.8, 4) is 6.07 Å². The number of H-pyrrole nitrogens is 1. The number of amides is 1. The molecule has 0 spiro atoms. The van der Waals surface area contributed by atoms with E-state index in [-0.39, 0.29) is 17.0 Å². The number of piperidine rings is 1. The maximum absolute atomic E-state index is 12.3. The predicted molar refractivity (Wildman–Crippen MR) is 84.6 cm³/mol. The van der Waals surface area contributed by atoms with E-state index in [2.05, 4.69) is 11.9 Å². The molecule has 0 bridgehead atoms. The van der Waals surface area contributed by atoms with Crippen LogP contribution in [0.1, 0.15) is 48.6 Å². The first-order valence-corrected chi connectivity index (χ1v) is 7.84. The minimum atomic E-state index is -0.350. The lowest BCUT2D eigenvalue weighted by Crippen LogP contribution is -2.39. The quantitative estimate of drug-likeness (QED) is 0.928. The fourth-order valence-electron chi connectivity index (χ4n) is 3.23. The van der Waals surface area contributed by atoms with E-state index in [1.54, 1.807) is 6.92 Å². The molecule has 1 aliphatic heterocycles. The van der Waals surface area contributed by atoms with Crippen LogP contribution in [0.15, 0.2) is 4.79 Å². The Balaban J connectivity index is 2.10. The van der Waals surface area contributed by atoms with Crippen molar-refractivity contribution < 1.29 is 4.79 Å². The van der Waals surface area contributed by atoms with Gasteiger partial charge in [-0.05, 0) is 50.2 Å². The number of hydrogen-bond donors (Lipinski definition) is 1. The summed E-state index contributed by atoms with van der Waals surface area (Å²) in [6, 6.07) is 1.95. The Morgan fingerprint density at radius 2 is 2.18 bits per heavy atom. The lowest BCUT2D eigenvalue weighted by atomic mass is 9.97. The van der Waals surface area contributed by atoms with Crippen LogP contribution in [0.3, 0.4) is 0 Å². The van der Waals surface area contributed by atoms with Gasteiger partial charge < -0.3 is 9.88 Å². The molecule has 0 aromatic carbocycles. The summed E-state index contributed by atoms with van der Waals surface area (Å²) in [6.07, 6.45) is 3.24. The van der Waals surface area contributed by atoms with Gasteiger partial charge in [0, 0.05) is 25.2 Å². The van der Waals surface area contributed by atoms with Gasteiger partial charge in [-0.25, -0.2) is 0 Å². The Morgan fingerprint density at radius 1 is 1.45 bits per heavy atom. The summed E-state index contributed by atoms with van der Waals surface area (Å²) in [7, 11) is 0. The molecule has 1 atom stereocenters. The van der Waals surface area contributed by atoms with E-state index in [0.717, 1.165) is 30.8 Å². The summed E-state index contributed by atoms with van der Waals surface area (Å²) >= 11 is 0. The average Bonchev–Trinajstić information content (AvgIpc) is 2.46. The number of nitriles is 1. The molecule has 22 heavy (non-hydrogen) atoms. The molecule has 0 saturated carbocycles. The number of likely N-dealkylation sites (tertiary alicyclic amines) is 1. The van der Waals surface area contributed by atoms with Crippen molar-refractivity contribution in [2.45, 2.75) is 46.5 Å². The van der Waals surface area contributed by atoms with E-state index in [0.29, 0.717) is 24.3 Å². The largest absolute Gasteiger partial charge is 0.342 e. The fourth-order valence-corrected chi connectivity index (χ4v) is 3.23. The number of aromatic amines is 1. The van der Waals surface area contributed by atoms with E-state index in [9.17, 15) is 9.59 Å². The Kier molecular flexibility index (Phi) is 5.02. The lowest BCUT2D eigenvalue weighted by Gasteiger charge is -2.31. The number of pyridine rings is 1. The molecular weight excluding hydrogens is 278 g/mol. The number of aromatic nitrogens is 1.